The Labute approximate surface area is 116 Å². The zero-order valence-corrected chi connectivity index (χ0v) is 12.7. The summed E-state index contributed by atoms with van der Waals surface area (Å²) in [6.07, 6.45) is 0. The number of aromatic nitrogens is 1. The van der Waals surface area contributed by atoms with Crippen LogP contribution in [0.5, 0.6) is 0 Å². The van der Waals surface area contributed by atoms with E-state index in [0.29, 0.717) is 0 Å². The Balaban J connectivity index is 2.23. The summed E-state index contributed by atoms with van der Waals surface area (Å²) in [5, 5.41) is 3.27. The molecule has 0 unspecified atom stereocenters. The van der Waals surface area contributed by atoms with Gasteiger partial charge >= 0.3 is 0 Å². The molecule has 0 aromatic carbocycles. The number of aryl methyl sites for hydroxylation is 2. The summed E-state index contributed by atoms with van der Waals surface area (Å²) in [5.41, 5.74) is 3.80. The van der Waals surface area contributed by atoms with Crippen molar-refractivity contribution < 1.29 is 0 Å². The van der Waals surface area contributed by atoms with Crippen molar-refractivity contribution in [2.45, 2.75) is 27.3 Å². The molecule has 0 spiro atoms. The summed E-state index contributed by atoms with van der Waals surface area (Å²) < 4.78 is 0. The lowest BCUT2D eigenvalue weighted by Gasteiger charge is -2.36. The first kappa shape index (κ1) is 14.3. The van der Waals surface area contributed by atoms with E-state index >= 15 is 0 Å². The van der Waals surface area contributed by atoms with E-state index in [9.17, 15) is 0 Å². The van der Waals surface area contributed by atoms with Gasteiger partial charge in [0.1, 0.15) is 5.82 Å². The number of hydrogen-bond donors (Lipinski definition) is 1. The fraction of sp³-hybridized carbons (Fsp3) is 0.667. The first-order valence-corrected chi connectivity index (χ1v) is 7.24. The maximum atomic E-state index is 4.79. The van der Waals surface area contributed by atoms with Gasteiger partial charge in [-0.15, -0.1) is 0 Å². The molecule has 4 nitrogen and oxygen atoms in total. The Morgan fingerprint density at radius 2 is 1.89 bits per heavy atom. The Bertz CT molecular complexity index is 422. The fourth-order valence-electron chi connectivity index (χ4n) is 2.78. The smallest absolute Gasteiger partial charge is 0.133 e. The molecular weight excluding hydrogens is 236 g/mol. The summed E-state index contributed by atoms with van der Waals surface area (Å²) >= 11 is 0. The van der Waals surface area contributed by atoms with Crippen LogP contribution in [0.15, 0.2) is 6.07 Å². The topological polar surface area (TPSA) is 31.4 Å². The third-order valence-electron chi connectivity index (χ3n) is 3.93. The quantitative estimate of drug-likeness (QED) is 0.892. The van der Waals surface area contributed by atoms with E-state index < -0.39 is 0 Å². The van der Waals surface area contributed by atoms with Crippen LogP contribution in [0.2, 0.25) is 0 Å². The lowest BCUT2D eigenvalue weighted by Crippen LogP contribution is -2.47. The van der Waals surface area contributed by atoms with Gasteiger partial charge in [-0.05, 0) is 39.1 Å². The van der Waals surface area contributed by atoms with Crippen molar-refractivity contribution in [3.8, 4) is 0 Å². The van der Waals surface area contributed by atoms with Crippen LogP contribution < -0.4 is 10.2 Å². The molecule has 1 aromatic heterocycles. The summed E-state index contributed by atoms with van der Waals surface area (Å²) in [5.74, 6) is 1.18. The van der Waals surface area contributed by atoms with Gasteiger partial charge in [0.15, 0.2) is 0 Å². The van der Waals surface area contributed by atoms with Crippen molar-refractivity contribution in [3.05, 3.63) is 22.9 Å². The maximum absolute atomic E-state index is 4.79. The molecule has 106 valence electrons. The standard InChI is InChI=1S/C15H26N4/c1-5-18-6-8-19(9-7-18)15-14(11-16-4)12(2)10-13(3)17-15/h10,16H,5-9,11H2,1-4H3. The highest BCUT2D eigenvalue weighted by molar-refractivity contribution is 5.52. The van der Waals surface area contributed by atoms with Crippen LogP contribution in [0, 0.1) is 13.8 Å². The number of pyridine rings is 1. The summed E-state index contributed by atoms with van der Waals surface area (Å²) in [7, 11) is 2.00. The molecule has 2 heterocycles. The molecule has 4 heteroatoms. The van der Waals surface area contributed by atoms with Crippen LogP contribution in [0.25, 0.3) is 0 Å². The van der Waals surface area contributed by atoms with E-state index in [1.54, 1.807) is 0 Å². The molecule has 0 radical (unpaired) electrons. The number of likely N-dealkylation sites (N-methyl/N-ethyl adjacent to an activating group) is 1. The molecule has 0 bridgehead atoms. The molecule has 0 saturated carbocycles. The molecule has 1 aromatic rings. The number of hydrogen-bond acceptors (Lipinski definition) is 4. The van der Waals surface area contributed by atoms with E-state index in [2.05, 4.69) is 42.0 Å². The molecule has 19 heavy (non-hydrogen) atoms. The molecule has 1 saturated heterocycles. The van der Waals surface area contributed by atoms with Gasteiger partial charge in [0.25, 0.3) is 0 Å². The first-order valence-electron chi connectivity index (χ1n) is 7.24. The highest BCUT2D eigenvalue weighted by atomic mass is 15.3. The monoisotopic (exact) mass is 262 g/mol. The molecule has 1 aliphatic rings. The average Bonchev–Trinajstić information content (AvgIpc) is 2.42. The number of rotatable bonds is 4. The Morgan fingerprint density at radius 1 is 1.21 bits per heavy atom. The zero-order chi connectivity index (χ0) is 13.8. The molecule has 0 aliphatic carbocycles. The van der Waals surface area contributed by atoms with Crippen LogP contribution in [-0.4, -0.2) is 49.7 Å². The minimum atomic E-state index is 0.891. The average molecular weight is 262 g/mol. The van der Waals surface area contributed by atoms with Crippen LogP contribution in [0.4, 0.5) is 5.82 Å². The first-order chi connectivity index (χ1) is 9.15. The van der Waals surface area contributed by atoms with Crippen LogP contribution in [0.1, 0.15) is 23.7 Å². The highest BCUT2D eigenvalue weighted by Crippen LogP contribution is 2.23. The summed E-state index contributed by atoms with van der Waals surface area (Å²) in [6.45, 7) is 13.0. The van der Waals surface area contributed by atoms with Crippen LogP contribution in [0.3, 0.4) is 0 Å². The summed E-state index contributed by atoms with van der Waals surface area (Å²) in [6, 6.07) is 2.18. The SMILES string of the molecule is CCN1CCN(c2nc(C)cc(C)c2CNC)CC1. The zero-order valence-electron chi connectivity index (χ0n) is 12.7. The predicted octanol–water partition coefficient (Wildman–Crippen LogP) is 1.56. The Kier molecular flexibility index (Phi) is 4.77. The van der Waals surface area contributed by atoms with Crippen molar-refractivity contribution >= 4 is 5.82 Å². The number of nitrogens with zero attached hydrogens (tertiary/aromatic N) is 3. The minimum absolute atomic E-state index is 0.891. The van der Waals surface area contributed by atoms with Gasteiger partial charge in [0.05, 0.1) is 0 Å². The molecule has 1 aliphatic heterocycles. The van der Waals surface area contributed by atoms with Crippen LogP contribution in [-0.2, 0) is 6.54 Å². The van der Waals surface area contributed by atoms with Gasteiger partial charge in [0, 0.05) is 44.0 Å². The maximum Gasteiger partial charge on any atom is 0.133 e. The molecule has 0 atom stereocenters. The molecule has 1 fully saturated rings. The normalized spacial score (nSPS) is 16.9. The minimum Gasteiger partial charge on any atom is -0.354 e. The molecule has 0 amide bonds. The number of nitrogens with one attached hydrogen (secondary N) is 1. The predicted molar refractivity (Wildman–Crippen MR) is 80.8 cm³/mol. The van der Waals surface area contributed by atoms with E-state index in [-0.39, 0.29) is 0 Å². The second-order valence-electron chi connectivity index (χ2n) is 5.33. The van der Waals surface area contributed by atoms with Crippen LogP contribution >= 0.6 is 0 Å². The molecular formula is C15H26N4. The lowest BCUT2D eigenvalue weighted by atomic mass is 10.1. The third kappa shape index (κ3) is 3.25. The number of anilines is 1. The lowest BCUT2D eigenvalue weighted by molar-refractivity contribution is 0.270. The number of piperazine rings is 1. The second kappa shape index (κ2) is 6.35. The highest BCUT2D eigenvalue weighted by Gasteiger charge is 2.20. The van der Waals surface area contributed by atoms with Gasteiger partial charge in [0.2, 0.25) is 0 Å². The fourth-order valence-corrected chi connectivity index (χ4v) is 2.78. The van der Waals surface area contributed by atoms with Gasteiger partial charge in [-0.25, -0.2) is 4.98 Å². The van der Waals surface area contributed by atoms with Gasteiger partial charge < -0.3 is 15.1 Å². The van der Waals surface area contributed by atoms with E-state index in [1.165, 1.54) is 16.9 Å². The van der Waals surface area contributed by atoms with Gasteiger partial charge in [-0.1, -0.05) is 6.92 Å². The van der Waals surface area contributed by atoms with Crippen molar-refractivity contribution in [2.75, 3.05) is 44.7 Å². The van der Waals surface area contributed by atoms with E-state index in [1.807, 2.05) is 7.05 Å². The Morgan fingerprint density at radius 3 is 2.47 bits per heavy atom. The van der Waals surface area contributed by atoms with Gasteiger partial charge in [-0.3, -0.25) is 0 Å². The van der Waals surface area contributed by atoms with E-state index in [0.717, 1.165) is 45.0 Å². The van der Waals surface area contributed by atoms with Crippen molar-refractivity contribution in [1.29, 1.82) is 0 Å². The second-order valence-corrected chi connectivity index (χ2v) is 5.33. The van der Waals surface area contributed by atoms with Crippen molar-refractivity contribution in [1.82, 2.24) is 15.2 Å². The largest absolute Gasteiger partial charge is 0.354 e. The molecule has 2 rings (SSSR count). The summed E-state index contributed by atoms with van der Waals surface area (Å²) in [4.78, 5) is 9.73. The van der Waals surface area contributed by atoms with Gasteiger partial charge in [-0.2, -0.15) is 0 Å². The van der Waals surface area contributed by atoms with Crippen molar-refractivity contribution in [3.63, 3.8) is 0 Å². The third-order valence-corrected chi connectivity index (χ3v) is 3.93. The van der Waals surface area contributed by atoms with E-state index in [4.69, 9.17) is 4.98 Å². The van der Waals surface area contributed by atoms with Crippen molar-refractivity contribution in [2.24, 2.45) is 0 Å². The Hall–Kier alpha value is -1.13. The molecule has 1 N–H and O–H groups in total.